The molecular weight excluding hydrogens is 218 g/mol. The van der Waals surface area contributed by atoms with E-state index < -0.39 is 0 Å². The summed E-state index contributed by atoms with van der Waals surface area (Å²) in [6, 6.07) is 0. The number of piperidine rings is 1. The first-order valence-corrected chi connectivity index (χ1v) is 6.61. The monoisotopic (exact) mass is 243 g/mol. The van der Waals surface area contributed by atoms with Crippen molar-refractivity contribution in [3.8, 4) is 0 Å². The van der Waals surface area contributed by atoms with Gasteiger partial charge in [-0.2, -0.15) is 0 Å². The van der Waals surface area contributed by atoms with E-state index in [1.807, 2.05) is 20.8 Å². The van der Waals surface area contributed by atoms with Crippen LogP contribution in [0.5, 0.6) is 0 Å². The summed E-state index contributed by atoms with van der Waals surface area (Å²) in [6.07, 6.45) is 1.83. The summed E-state index contributed by atoms with van der Waals surface area (Å²) in [5, 5.41) is 9.51. The largest absolute Gasteiger partial charge is 0.466 e. The van der Waals surface area contributed by atoms with Gasteiger partial charge >= 0.3 is 5.97 Å². The molecule has 0 aromatic carbocycles. The smallest absolute Gasteiger partial charge is 0.309 e. The van der Waals surface area contributed by atoms with Gasteiger partial charge in [-0.25, -0.2) is 0 Å². The molecule has 0 aliphatic carbocycles. The van der Waals surface area contributed by atoms with Crippen molar-refractivity contribution in [1.29, 1.82) is 0 Å². The third kappa shape index (κ3) is 4.64. The summed E-state index contributed by atoms with van der Waals surface area (Å²) in [7, 11) is 0. The Kier molecular flexibility index (Phi) is 5.92. The highest BCUT2D eigenvalue weighted by molar-refractivity contribution is 5.72. The molecular formula is C13H25NO3. The number of nitrogens with zero attached hydrogens (tertiary/aromatic N) is 1. The van der Waals surface area contributed by atoms with Crippen molar-refractivity contribution in [2.75, 3.05) is 26.2 Å². The molecule has 0 aromatic heterocycles. The van der Waals surface area contributed by atoms with Crippen molar-refractivity contribution < 1.29 is 14.6 Å². The molecule has 1 fully saturated rings. The number of carbonyl (C=O) groups excluding carboxylic acids is 1. The molecule has 2 unspecified atom stereocenters. The predicted molar refractivity (Wildman–Crippen MR) is 66.6 cm³/mol. The van der Waals surface area contributed by atoms with E-state index in [0.29, 0.717) is 12.5 Å². The Morgan fingerprint density at radius 1 is 1.41 bits per heavy atom. The molecule has 17 heavy (non-hydrogen) atoms. The number of carbonyl (C=O) groups is 1. The summed E-state index contributed by atoms with van der Waals surface area (Å²) in [5.41, 5.74) is 0. The highest BCUT2D eigenvalue weighted by atomic mass is 16.5. The molecule has 1 N–H and O–H groups in total. The lowest BCUT2D eigenvalue weighted by Crippen LogP contribution is -2.40. The number of rotatable bonds is 5. The second-order valence-electron chi connectivity index (χ2n) is 5.03. The molecule has 0 spiro atoms. The zero-order valence-corrected chi connectivity index (χ0v) is 11.2. The predicted octanol–water partition coefficient (Wildman–Crippen LogP) is 1.28. The summed E-state index contributed by atoms with van der Waals surface area (Å²) < 4.78 is 5.00. The van der Waals surface area contributed by atoms with Crippen molar-refractivity contribution in [2.24, 2.45) is 11.8 Å². The standard InChI is InChI=1S/C13H25NO3/c1-4-17-13(16)10(2)9-14-7-5-12(6-8-14)11(3)15/h10-12,15H,4-9H2,1-3H3. The van der Waals surface area contributed by atoms with Gasteiger partial charge in [-0.15, -0.1) is 0 Å². The van der Waals surface area contributed by atoms with Crippen molar-refractivity contribution in [3.63, 3.8) is 0 Å². The van der Waals surface area contributed by atoms with E-state index in [4.69, 9.17) is 4.74 Å². The van der Waals surface area contributed by atoms with E-state index in [-0.39, 0.29) is 18.0 Å². The highest BCUT2D eigenvalue weighted by Gasteiger charge is 2.25. The first kappa shape index (κ1) is 14.5. The molecule has 4 nitrogen and oxygen atoms in total. The molecule has 2 atom stereocenters. The summed E-state index contributed by atoms with van der Waals surface area (Å²) in [5.74, 6) is 0.257. The SMILES string of the molecule is CCOC(=O)C(C)CN1CCC(C(C)O)CC1. The molecule has 0 saturated carbocycles. The molecule has 0 amide bonds. The van der Waals surface area contributed by atoms with E-state index in [0.717, 1.165) is 32.5 Å². The maximum Gasteiger partial charge on any atom is 0.309 e. The first-order chi connectivity index (χ1) is 8.04. The molecule has 0 aromatic rings. The minimum Gasteiger partial charge on any atom is -0.466 e. The van der Waals surface area contributed by atoms with Crippen LogP contribution in [0.25, 0.3) is 0 Å². The lowest BCUT2D eigenvalue weighted by molar-refractivity contribution is -0.148. The van der Waals surface area contributed by atoms with E-state index >= 15 is 0 Å². The summed E-state index contributed by atoms with van der Waals surface area (Å²) in [6.45, 7) is 8.77. The fourth-order valence-electron chi connectivity index (χ4n) is 2.36. The minimum absolute atomic E-state index is 0.0574. The number of hydrogen-bond acceptors (Lipinski definition) is 4. The second-order valence-corrected chi connectivity index (χ2v) is 5.03. The first-order valence-electron chi connectivity index (χ1n) is 6.61. The van der Waals surface area contributed by atoms with Gasteiger partial charge in [0.2, 0.25) is 0 Å². The van der Waals surface area contributed by atoms with Crippen LogP contribution in [-0.2, 0) is 9.53 Å². The molecule has 1 heterocycles. The number of hydrogen-bond donors (Lipinski definition) is 1. The van der Waals surface area contributed by atoms with Gasteiger partial charge in [0.15, 0.2) is 0 Å². The lowest BCUT2D eigenvalue weighted by atomic mass is 9.92. The van der Waals surface area contributed by atoms with Crippen molar-refractivity contribution in [1.82, 2.24) is 4.90 Å². The summed E-state index contributed by atoms with van der Waals surface area (Å²) >= 11 is 0. The van der Waals surface area contributed by atoms with Crippen LogP contribution in [0.1, 0.15) is 33.6 Å². The van der Waals surface area contributed by atoms with Crippen molar-refractivity contribution in [3.05, 3.63) is 0 Å². The molecule has 0 radical (unpaired) electrons. The second kappa shape index (κ2) is 6.97. The molecule has 1 saturated heterocycles. The Morgan fingerprint density at radius 2 is 2.00 bits per heavy atom. The Balaban J connectivity index is 2.28. The van der Waals surface area contributed by atoms with Gasteiger partial charge < -0.3 is 14.7 Å². The number of aliphatic hydroxyl groups is 1. The Hall–Kier alpha value is -0.610. The van der Waals surface area contributed by atoms with E-state index in [2.05, 4.69) is 4.90 Å². The average Bonchev–Trinajstić information content (AvgIpc) is 2.30. The topological polar surface area (TPSA) is 49.8 Å². The number of aliphatic hydroxyl groups excluding tert-OH is 1. The normalized spacial score (nSPS) is 22.1. The number of ether oxygens (including phenoxy) is 1. The van der Waals surface area contributed by atoms with Gasteiger partial charge in [0.05, 0.1) is 18.6 Å². The lowest BCUT2D eigenvalue weighted by Gasteiger charge is -2.34. The van der Waals surface area contributed by atoms with Crippen LogP contribution in [0, 0.1) is 11.8 Å². The maximum absolute atomic E-state index is 11.5. The number of likely N-dealkylation sites (tertiary alicyclic amines) is 1. The molecule has 0 bridgehead atoms. The highest BCUT2D eigenvalue weighted by Crippen LogP contribution is 2.21. The third-order valence-electron chi connectivity index (χ3n) is 3.54. The Bertz CT molecular complexity index is 235. The Labute approximate surface area is 104 Å². The van der Waals surface area contributed by atoms with Crippen LogP contribution in [-0.4, -0.2) is 48.3 Å². The van der Waals surface area contributed by atoms with E-state index in [9.17, 15) is 9.90 Å². The zero-order chi connectivity index (χ0) is 12.8. The molecule has 1 aliphatic rings. The van der Waals surface area contributed by atoms with Crippen LogP contribution in [0.4, 0.5) is 0 Å². The van der Waals surface area contributed by atoms with Crippen LogP contribution in [0.2, 0.25) is 0 Å². The van der Waals surface area contributed by atoms with Crippen LogP contribution in [0.15, 0.2) is 0 Å². The fraction of sp³-hybridized carbons (Fsp3) is 0.923. The van der Waals surface area contributed by atoms with Crippen molar-refractivity contribution >= 4 is 5.97 Å². The fourth-order valence-corrected chi connectivity index (χ4v) is 2.36. The third-order valence-corrected chi connectivity index (χ3v) is 3.54. The van der Waals surface area contributed by atoms with E-state index in [1.54, 1.807) is 0 Å². The summed E-state index contributed by atoms with van der Waals surface area (Å²) in [4.78, 5) is 13.8. The van der Waals surface area contributed by atoms with Gasteiger partial charge in [-0.1, -0.05) is 6.92 Å². The maximum atomic E-state index is 11.5. The molecule has 100 valence electrons. The number of esters is 1. The average molecular weight is 243 g/mol. The van der Waals surface area contributed by atoms with Gasteiger partial charge in [-0.05, 0) is 45.7 Å². The molecule has 4 heteroatoms. The van der Waals surface area contributed by atoms with Crippen LogP contribution < -0.4 is 0 Å². The quantitative estimate of drug-likeness (QED) is 0.739. The van der Waals surface area contributed by atoms with Crippen molar-refractivity contribution in [2.45, 2.75) is 39.7 Å². The van der Waals surface area contributed by atoms with Gasteiger partial charge in [0.25, 0.3) is 0 Å². The van der Waals surface area contributed by atoms with Gasteiger partial charge in [-0.3, -0.25) is 4.79 Å². The minimum atomic E-state index is -0.209. The Morgan fingerprint density at radius 3 is 2.47 bits per heavy atom. The zero-order valence-electron chi connectivity index (χ0n) is 11.2. The van der Waals surface area contributed by atoms with Gasteiger partial charge in [0.1, 0.15) is 0 Å². The van der Waals surface area contributed by atoms with Gasteiger partial charge in [0, 0.05) is 6.54 Å². The van der Waals surface area contributed by atoms with Crippen LogP contribution >= 0.6 is 0 Å². The van der Waals surface area contributed by atoms with Crippen LogP contribution in [0.3, 0.4) is 0 Å². The molecule has 1 rings (SSSR count). The molecule has 1 aliphatic heterocycles. The van der Waals surface area contributed by atoms with E-state index in [1.165, 1.54) is 0 Å².